The summed E-state index contributed by atoms with van der Waals surface area (Å²) in [6.07, 6.45) is 4.18. The van der Waals surface area contributed by atoms with Gasteiger partial charge in [0.05, 0.1) is 31.7 Å². The van der Waals surface area contributed by atoms with E-state index in [4.69, 9.17) is 9.47 Å². The predicted molar refractivity (Wildman–Crippen MR) is 127 cm³/mol. The van der Waals surface area contributed by atoms with Crippen molar-refractivity contribution in [3.8, 4) is 11.5 Å². The van der Waals surface area contributed by atoms with Gasteiger partial charge in [-0.1, -0.05) is 72.8 Å². The molecule has 0 bridgehead atoms. The Kier molecular flexibility index (Phi) is 5.47. The van der Waals surface area contributed by atoms with Crippen LogP contribution in [0.2, 0.25) is 0 Å². The Hall–Kier alpha value is -3.86. The number of rotatable bonds is 5. The zero-order valence-electron chi connectivity index (χ0n) is 18.5. The van der Waals surface area contributed by atoms with Crippen molar-refractivity contribution in [2.75, 3.05) is 19.1 Å². The fourth-order valence-corrected chi connectivity index (χ4v) is 5.14. The third-order valence-corrected chi connectivity index (χ3v) is 6.69. The summed E-state index contributed by atoms with van der Waals surface area (Å²) >= 11 is 0. The molecule has 0 unspecified atom stereocenters. The zero-order chi connectivity index (χ0) is 22.9. The van der Waals surface area contributed by atoms with Crippen LogP contribution in [0, 0.1) is 11.8 Å². The molecule has 1 fully saturated rings. The number of imide groups is 1. The molecule has 166 valence electrons. The smallest absolute Gasteiger partial charge is 0.238 e. The van der Waals surface area contributed by atoms with Crippen molar-refractivity contribution < 1.29 is 19.1 Å². The average Bonchev–Trinajstić information content (AvgIpc) is 3.14. The van der Waals surface area contributed by atoms with Crippen molar-refractivity contribution >= 4 is 17.5 Å². The first-order valence-electron chi connectivity index (χ1n) is 11.0. The van der Waals surface area contributed by atoms with Gasteiger partial charge < -0.3 is 9.47 Å². The molecule has 2 aliphatic rings. The fourth-order valence-electron chi connectivity index (χ4n) is 5.14. The van der Waals surface area contributed by atoms with E-state index in [0.717, 1.165) is 11.1 Å². The lowest BCUT2D eigenvalue weighted by Crippen LogP contribution is -2.32. The zero-order valence-corrected chi connectivity index (χ0v) is 18.5. The van der Waals surface area contributed by atoms with Crippen LogP contribution in [-0.4, -0.2) is 26.0 Å². The van der Waals surface area contributed by atoms with Crippen LogP contribution in [0.1, 0.15) is 23.0 Å². The van der Waals surface area contributed by atoms with Gasteiger partial charge in [0.15, 0.2) is 0 Å². The molecule has 0 N–H and O–H groups in total. The van der Waals surface area contributed by atoms with Gasteiger partial charge in [0.1, 0.15) is 11.5 Å². The molecule has 1 aliphatic heterocycles. The lowest BCUT2D eigenvalue weighted by Gasteiger charge is -2.32. The Bertz CT molecular complexity index is 1140. The number of anilines is 1. The molecule has 2 amide bonds. The normalized spacial score (nSPS) is 24.0. The van der Waals surface area contributed by atoms with Crippen LogP contribution in [-0.2, 0) is 9.59 Å². The van der Waals surface area contributed by atoms with E-state index in [9.17, 15) is 9.59 Å². The van der Waals surface area contributed by atoms with Crippen LogP contribution < -0.4 is 14.4 Å². The number of carbonyl (C=O) groups excluding carboxylic acids is 2. The Morgan fingerprint density at radius 3 is 1.64 bits per heavy atom. The van der Waals surface area contributed by atoms with E-state index in [0.29, 0.717) is 17.2 Å². The molecule has 0 radical (unpaired) electrons. The predicted octanol–water partition coefficient (Wildman–Crippen LogP) is 4.95. The number of hydrogen-bond donors (Lipinski definition) is 0. The van der Waals surface area contributed by atoms with E-state index in [1.54, 1.807) is 25.3 Å². The molecule has 5 heteroatoms. The van der Waals surface area contributed by atoms with Crippen LogP contribution in [0.3, 0.4) is 0 Å². The molecular formula is C28H25NO4. The standard InChI is InChI=1S/C28H25NO4/c1-32-20-13-16-24(33-2)23(17-20)29-27(30)25-21(18-9-5-3-6-10-18)14-15-22(26(25)28(29)31)19-11-7-4-8-12-19/h3-17,21-22,25-26H,1-2H3/t21-,22-,25+,26+/m0/s1. The van der Waals surface area contributed by atoms with Gasteiger partial charge in [0.2, 0.25) is 11.8 Å². The number of benzene rings is 3. The van der Waals surface area contributed by atoms with Gasteiger partial charge in [-0.3, -0.25) is 9.59 Å². The topological polar surface area (TPSA) is 55.8 Å². The molecule has 4 atom stereocenters. The number of allylic oxidation sites excluding steroid dienone is 2. The highest BCUT2D eigenvalue weighted by Crippen LogP contribution is 2.51. The second-order valence-corrected chi connectivity index (χ2v) is 8.36. The lowest BCUT2D eigenvalue weighted by atomic mass is 9.68. The van der Waals surface area contributed by atoms with Crippen LogP contribution in [0.4, 0.5) is 5.69 Å². The summed E-state index contributed by atoms with van der Waals surface area (Å²) in [7, 11) is 3.09. The maximum Gasteiger partial charge on any atom is 0.238 e. The van der Waals surface area contributed by atoms with Gasteiger partial charge in [-0.05, 0) is 23.3 Å². The van der Waals surface area contributed by atoms with Crippen LogP contribution >= 0.6 is 0 Å². The van der Waals surface area contributed by atoms with Gasteiger partial charge in [0.25, 0.3) is 0 Å². The Morgan fingerprint density at radius 1 is 0.667 bits per heavy atom. The van der Waals surface area contributed by atoms with Gasteiger partial charge in [-0.2, -0.15) is 0 Å². The van der Waals surface area contributed by atoms with Crippen molar-refractivity contribution in [3.05, 3.63) is 102 Å². The lowest BCUT2D eigenvalue weighted by molar-refractivity contribution is -0.122. The molecule has 5 rings (SSSR count). The largest absolute Gasteiger partial charge is 0.497 e. The Morgan fingerprint density at radius 2 is 1.18 bits per heavy atom. The maximum absolute atomic E-state index is 14.0. The van der Waals surface area contributed by atoms with Gasteiger partial charge in [-0.25, -0.2) is 4.90 Å². The number of amides is 2. The van der Waals surface area contributed by atoms with Crippen molar-refractivity contribution in [2.24, 2.45) is 11.8 Å². The second kappa shape index (κ2) is 8.58. The first-order valence-corrected chi connectivity index (χ1v) is 11.0. The van der Waals surface area contributed by atoms with E-state index in [2.05, 4.69) is 12.2 Å². The molecule has 33 heavy (non-hydrogen) atoms. The van der Waals surface area contributed by atoms with Crippen molar-refractivity contribution in [2.45, 2.75) is 11.8 Å². The van der Waals surface area contributed by atoms with E-state index < -0.39 is 11.8 Å². The highest BCUT2D eigenvalue weighted by Gasteiger charge is 2.56. The molecule has 0 spiro atoms. The van der Waals surface area contributed by atoms with E-state index in [1.807, 2.05) is 60.7 Å². The summed E-state index contributed by atoms with van der Waals surface area (Å²) in [6, 6.07) is 25.0. The third-order valence-electron chi connectivity index (χ3n) is 6.69. The highest BCUT2D eigenvalue weighted by molar-refractivity contribution is 6.23. The van der Waals surface area contributed by atoms with Crippen molar-refractivity contribution in [1.82, 2.24) is 0 Å². The van der Waals surface area contributed by atoms with Gasteiger partial charge in [-0.15, -0.1) is 0 Å². The molecule has 1 aliphatic carbocycles. The van der Waals surface area contributed by atoms with Crippen LogP contribution in [0.25, 0.3) is 0 Å². The summed E-state index contributed by atoms with van der Waals surface area (Å²) in [4.78, 5) is 29.2. The number of fused-ring (bicyclic) bond motifs is 1. The van der Waals surface area contributed by atoms with E-state index >= 15 is 0 Å². The molecule has 0 saturated carbocycles. The van der Waals surface area contributed by atoms with E-state index in [1.165, 1.54) is 12.0 Å². The molecule has 3 aromatic rings. The number of hydrogen-bond acceptors (Lipinski definition) is 4. The minimum Gasteiger partial charge on any atom is -0.497 e. The molecule has 0 aromatic heterocycles. The van der Waals surface area contributed by atoms with Crippen molar-refractivity contribution in [1.29, 1.82) is 0 Å². The summed E-state index contributed by atoms with van der Waals surface area (Å²) in [5, 5.41) is 0. The van der Waals surface area contributed by atoms with Crippen LogP contribution in [0.15, 0.2) is 91.0 Å². The molecule has 5 nitrogen and oxygen atoms in total. The second-order valence-electron chi connectivity index (χ2n) is 8.36. The van der Waals surface area contributed by atoms with Crippen LogP contribution in [0.5, 0.6) is 11.5 Å². The highest BCUT2D eigenvalue weighted by atomic mass is 16.5. The molecule has 1 heterocycles. The number of nitrogens with zero attached hydrogens (tertiary/aromatic N) is 1. The number of carbonyl (C=O) groups is 2. The van der Waals surface area contributed by atoms with Crippen molar-refractivity contribution in [3.63, 3.8) is 0 Å². The van der Waals surface area contributed by atoms with E-state index in [-0.39, 0.29) is 23.7 Å². The third kappa shape index (κ3) is 3.50. The fraction of sp³-hybridized carbons (Fsp3) is 0.214. The summed E-state index contributed by atoms with van der Waals surface area (Å²) in [6.45, 7) is 0. The Labute approximate surface area is 193 Å². The SMILES string of the molecule is COc1ccc(OC)c(N2C(=O)[C@H]3[C@H](C2=O)[C@H](c2ccccc2)C=C[C@H]3c2ccccc2)c1. The first-order chi connectivity index (χ1) is 16.1. The van der Waals surface area contributed by atoms with Gasteiger partial charge >= 0.3 is 0 Å². The summed E-state index contributed by atoms with van der Waals surface area (Å²) < 4.78 is 10.9. The summed E-state index contributed by atoms with van der Waals surface area (Å²) in [5.41, 5.74) is 2.46. The minimum absolute atomic E-state index is 0.186. The molecular weight excluding hydrogens is 414 g/mol. The first kappa shape index (κ1) is 21.0. The summed E-state index contributed by atoms with van der Waals surface area (Å²) in [5.74, 6) is -0.804. The number of methoxy groups -OCH3 is 2. The molecule has 1 saturated heterocycles. The minimum atomic E-state index is -0.508. The maximum atomic E-state index is 14.0. The Balaban J connectivity index is 1.65. The molecule has 3 aromatic carbocycles. The monoisotopic (exact) mass is 439 g/mol. The quantitative estimate of drug-likeness (QED) is 0.417. The number of ether oxygens (including phenoxy) is 2. The average molecular weight is 440 g/mol. The van der Waals surface area contributed by atoms with Gasteiger partial charge in [0, 0.05) is 17.9 Å².